The highest BCUT2D eigenvalue weighted by molar-refractivity contribution is 7.86. The molecule has 3 aromatic rings. The van der Waals surface area contributed by atoms with E-state index in [1.165, 1.54) is 18.2 Å². The molecule has 0 aliphatic carbocycles. The average Bonchev–Trinajstić information content (AvgIpc) is 2.91. The second-order valence-corrected chi connectivity index (χ2v) is 11.2. The van der Waals surface area contributed by atoms with E-state index in [1.807, 2.05) is 42.5 Å². The second kappa shape index (κ2) is 14.7. The molecule has 6 nitrogen and oxygen atoms in total. The van der Waals surface area contributed by atoms with Crippen LogP contribution in [0.3, 0.4) is 0 Å². The summed E-state index contributed by atoms with van der Waals surface area (Å²) in [6, 6.07) is 24.0. The van der Waals surface area contributed by atoms with Crippen molar-refractivity contribution >= 4 is 10.1 Å². The first-order chi connectivity index (χ1) is 18.3. The Bertz CT molecular complexity index is 1220. The van der Waals surface area contributed by atoms with E-state index in [1.54, 1.807) is 18.2 Å². The van der Waals surface area contributed by atoms with Crippen LogP contribution in [-0.4, -0.2) is 28.4 Å². The highest BCUT2D eigenvalue weighted by atomic mass is 32.2. The number of ether oxygens (including phenoxy) is 1. The van der Waals surface area contributed by atoms with Crippen molar-refractivity contribution in [3.63, 3.8) is 0 Å². The number of phenolic OH excluding ortho intramolecular Hbond substituents is 1. The molecule has 0 fully saturated rings. The molecule has 0 aliphatic rings. The molecule has 0 unspecified atom stereocenters. The van der Waals surface area contributed by atoms with Gasteiger partial charge in [0, 0.05) is 0 Å². The van der Waals surface area contributed by atoms with Crippen molar-refractivity contribution in [3.8, 4) is 11.5 Å². The fraction of sp³-hybridized carbons (Fsp3) is 0.355. The van der Waals surface area contributed by atoms with Crippen molar-refractivity contribution in [2.75, 3.05) is 0 Å². The third-order valence-corrected chi connectivity index (χ3v) is 7.84. The van der Waals surface area contributed by atoms with Crippen molar-refractivity contribution in [1.82, 2.24) is 0 Å². The number of hydrogen-bond donors (Lipinski definition) is 3. The summed E-state index contributed by atoms with van der Waals surface area (Å²) in [5.74, 6) is 0.857. The Morgan fingerprint density at radius 1 is 0.868 bits per heavy atom. The van der Waals surface area contributed by atoms with Gasteiger partial charge in [-0.15, -0.1) is 0 Å². The molecule has 7 heteroatoms. The summed E-state index contributed by atoms with van der Waals surface area (Å²) in [7, 11) is -4.26. The van der Waals surface area contributed by atoms with E-state index in [-0.39, 0.29) is 24.7 Å². The number of aliphatic hydroxyl groups excluding tert-OH is 1. The molecule has 0 bridgehead atoms. The van der Waals surface area contributed by atoms with E-state index in [2.05, 4.69) is 19.1 Å². The van der Waals surface area contributed by atoms with E-state index < -0.39 is 21.5 Å². The Hall–Kier alpha value is -3.13. The van der Waals surface area contributed by atoms with Gasteiger partial charge >= 0.3 is 0 Å². The van der Waals surface area contributed by atoms with Gasteiger partial charge in [0.15, 0.2) is 0 Å². The summed E-state index contributed by atoms with van der Waals surface area (Å²) in [6.07, 6.45) is 7.20. The van der Waals surface area contributed by atoms with Gasteiger partial charge in [-0.2, -0.15) is 8.42 Å². The largest absolute Gasteiger partial charge is 0.508 e. The van der Waals surface area contributed by atoms with E-state index in [4.69, 9.17) is 4.74 Å². The Morgan fingerprint density at radius 2 is 1.55 bits per heavy atom. The predicted octanol–water partition coefficient (Wildman–Crippen LogP) is 6.96. The van der Waals surface area contributed by atoms with E-state index >= 15 is 0 Å². The summed E-state index contributed by atoms with van der Waals surface area (Å²) < 4.78 is 40.0. The zero-order chi connectivity index (χ0) is 27.4. The first-order valence-corrected chi connectivity index (χ1v) is 14.7. The molecular formula is C31H38O6S. The normalized spacial score (nSPS) is 14.3. The maximum atomic E-state index is 12.0. The van der Waals surface area contributed by atoms with Gasteiger partial charge in [0.05, 0.1) is 11.4 Å². The zero-order valence-corrected chi connectivity index (χ0v) is 22.6. The molecule has 3 aromatic carbocycles. The summed E-state index contributed by atoms with van der Waals surface area (Å²) in [5.41, 5.74) is 2.67. The van der Waals surface area contributed by atoms with E-state index in [0.29, 0.717) is 12.0 Å². The number of allylic oxidation sites excluding steroid dienone is 1. The molecule has 0 aliphatic heterocycles. The maximum Gasteiger partial charge on any atom is 0.268 e. The first-order valence-electron chi connectivity index (χ1n) is 13.2. The molecule has 0 heterocycles. The van der Waals surface area contributed by atoms with Crippen LogP contribution in [0.4, 0.5) is 0 Å². The number of unbranched alkanes of at least 4 members (excludes halogenated alkanes) is 2. The monoisotopic (exact) mass is 538 g/mol. The van der Waals surface area contributed by atoms with Crippen LogP contribution in [0.1, 0.15) is 74.3 Å². The van der Waals surface area contributed by atoms with E-state index in [0.717, 1.165) is 42.6 Å². The van der Waals surface area contributed by atoms with Crippen LogP contribution in [-0.2, 0) is 16.5 Å². The zero-order valence-electron chi connectivity index (χ0n) is 21.8. The van der Waals surface area contributed by atoms with Gasteiger partial charge in [0.2, 0.25) is 0 Å². The van der Waals surface area contributed by atoms with Gasteiger partial charge in [-0.3, -0.25) is 4.55 Å². The molecule has 0 saturated heterocycles. The van der Waals surface area contributed by atoms with Crippen LogP contribution in [0, 0.1) is 0 Å². The number of benzene rings is 3. The number of aromatic hydroxyl groups is 1. The Balaban J connectivity index is 1.57. The SMILES string of the molecule is CCCCC[C@H](Oc1ccc(CC[C@H](C/C=C/[C@@H](O)c2ccc(O)cc2)S(=O)(=O)O)cc1)c1ccccc1. The van der Waals surface area contributed by atoms with Gasteiger partial charge in [0.1, 0.15) is 17.6 Å². The molecule has 0 aromatic heterocycles. The molecule has 0 amide bonds. The average molecular weight is 539 g/mol. The van der Waals surface area contributed by atoms with Gasteiger partial charge in [0.25, 0.3) is 10.1 Å². The summed E-state index contributed by atoms with van der Waals surface area (Å²) in [4.78, 5) is 0. The molecule has 38 heavy (non-hydrogen) atoms. The topological polar surface area (TPSA) is 104 Å². The molecule has 0 saturated carbocycles. The van der Waals surface area contributed by atoms with E-state index in [9.17, 15) is 23.2 Å². The van der Waals surface area contributed by atoms with Gasteiger partial charge < -0.3 is 14.9 Å². The smallest absolute Gasteiger partial charge is 0.268 e. The maximum absolute atomic E-state index is 12.0. The highest BCUT2D eigenvalue weighted by Crippen LogP contribution is 2.27. The minimum absolute atomic E-state index is 0.0266. The van der Waals surface area contributed by atoms with Crippen LogP contribution in [0.5, 0.6) is 11.5 Å². The Labute approximate surface area is 226 Å². The van der Waals surface area contributed by atoms with Crippen molar-refractivity contribution in [1.29, 1.82) is 0 Å². The van der Waals surface area contributed by atoms with Gasteiger partial charge in [-0.25, -0.2) is 0 Å². The van der Waals surface area contributed by atoms with Crippen LogP contribution in [0.15, 0.2) is 91.0 Å². The van der Waals surface area contributed by atoms with Crippen molar-refractivity contribution < 1.29 is 27.9 Å². The van der Waals surface area contributed by atoms with Crippen LogP contribution < -0.4 is 4.74 Å². The third-order valence-electron chi connectivity index (χ3n) is 6.57. The number of aliphatic hydroxyl groups is 1. The number of rotatable bonds is 15. The van der Waals surface area contributed by atoms with Crippen molar-refractivity contribution in [2.24, 2.45) is 0 Å². The van der Waals surface area contributed by atoms with Crippen molar-refractivity contribution in [3.05, 3.63) is 108 Å². The minimum atomic E-state index is -4.26. The Kier molecular flexibility index (Phi) is 11.4. The molecule has 3 N–H and O–H groups in total. The molecular weight excluding hydrogens is 500 g/mol. The molecule has 3 rings (SSSR count). The number of phenols is 1. The quantitative estimate of drug-likeness (QED) is 0.110. The molecule has 0 spiro atoms. The standard InChI is InChI=1S/C31H38O6S/c1-2-3-5-13-31(26-9-6-4-7-10-26)37-28-21-14-24(15-22-28)16-23-29(38(34,35)36)11-8-12-30(33)25-17-19-27(32)20-18-25/h4,6-10,12,14-15,17-22,29-33H,2-3,5,11,13,16,23H2,1H3,(H,34,35,36)/b12-8+/t29-,30+,31-/m0/s1. The lowest BCUT2D eigenvalue weighted by atomic mass is 10.0. The minimum Gasteiger partial charge on any atom is -0.508 e. The van der Waals surface area contributed by atoms with Crippen molar-refractivity contribution in [2.45, 2.75) is 69.3 Å². The second-order valence-electron chi connectivity index (χ2n) is 9.53. The van der Waals surface area contributed by atoms with Gasteiger partial charge in [-0.05, 0) is 73.1 Å². The van der Waals surface area contributed by atoms with Crippen LogP contribution in [0.2, 0.25) is 0 Å². The summed E-state index contributed by atoms with van der Waals surface area (Å²) >= 11 is 0. The molecule has 3 atom stereocenters. The van der Waals surface area contributed by atoms with Crippen LogP contribution >= 0.6 is 0 Å². The summed E-state index contributed by atoms with van der Waals surface area (Å²) in [5, 5.41) is 18.6. The fourth-order valence-corrected chi connectivity index (χ4v) is 5.07. The third kappa shape index (κ3) is 9.63. The molecule has 0 radical (unpaired) electrons. The first kappa shape index (κ1) is 29.4. The predicted molar refractivity (Wildman–Crippen MR) is 151 cm³/mol. The van der Waals surface area contributed by atoms with Gasteiger partial charge in [-0.1, -0.05) is 86.5 Å². The van der Waals surface area contributed by atoms with Crippen LogP contribution in [0.25, 0.3) is 0 Å². The fourth-order valence-electron chi connectivity index (χ4n) is 4.30. The number of aryl methyl sites for hydroxylation is 1. The lowest BCUT2D eigenvalue weighted by Gasteiger charge is -2.20. The highest BCUT2D eigenvalue weighted by Gasteiger charge is 2.22. The summed E-state index contributed by atoms with van der Waals surface area (Å²) in [6.45, 7) is 2.18. The lowest BCUT2D eigenvalue weighted by Crippen LogP contribution is -2.20. The molecule has 204 valence electrons. The number of hydrogen-bond acceptors (Lipinski definition) is 5. The lowest BCUT2D eigenvalue weighted by molar-refractivity contribution is 0.190. The Morgan fingerprint density at radius 3 is 2.18 bits per heavy atom.